The molecule has 0 bridgehead atoms. The average molecular weight is 459 g/mol. The van der Waals surface area contributed by atoms with E-state index in [0.29, 0.717) is 6.54 Å². The summed E-state index contributed by atoms with van der Waals surface area (Å²) in [5.41, 5.74) is 2.36. The topological polar surface area (TPSA) is 36.4 Å². The van der Waals surface area contributed by atoms with Crippen molar-refractivity contribution in [1.82, 2.24) is 10.6 Å². The van der Waals surface area contributed by atoms with Gasteiger partial charge in [0.05, 0.1) is 6.54 Å². The van der Waals surface area contributed by atoms with Crippen LogP contribution in [0, 0.1) is 5.82 Å². The minimum absolute atomic E-state index is 0. The molecule has 2 aromatic rings. The monoisotopic (exact) mass is 459 g/mol. The highest BCUT2D eigenvalue weighted by atomic mass is 127. The van der Waals surface area contributed by atoms with Crippen molar-refractivity contribution in [1.29, 1.82) is 0 Å². The summed E-state index contributed by atoms with van der Waals surface area (Å²) in [5.74, 6) is 0.660. The Kier molecular flexibility index (Phi) is 7.03. The summed E-state index contributed by atoms with van der Waals surface area (Å²) < 4.78 is 13.5. The lowest BCUT2D eigenvalue weighted by atomic mass is 9.96. The third-order valence-electron chi connectivity index (χ3n) is 4.23. The van der Waals surface area contributed by atoms with E-state index in [1.807, 2.05) is 6.07 Å². The van der Waals surface area contributed by atoms with Gasteiger partial charge in [-0.05, 0) is 59.9 Å². The van der Waals surface area contributed by atoms with E-state index < -0.39 is 0 Å². The first-order chi connectivity index (χ1) is 11.2. The third kappa shape index (κ3) is 4.92. The Morgan fingerprint density at radius 1 is 1.29 bits per heavy atom. The van der Waals surface area contributed by atoms with Gasteiger partial charge >= 0.3 is 0 Å². The molecule has 6 heteroatoms. The van der Waals surface area contributed by atoms with E-state index in [2.05, 4.69) is 39.4 Å². The number of halogens is 2. The molecule has 1 aliphatic rings. The van der Waals surface area contributed by atoms with Crippen LogP contribution in [0.4, 0.5) is 4.39 Å². The highest BCUT2D eigenvalue weighted by Crippen LogP contribution is 2.47. The first-order valence-electron chi connectivity index (χ1n) is 8.01. The van der Waals surface area contributed by atoms with Crippen molar-refractivity contribution in [3.05, 3.63) is 58.0 Å². The molecule has 0 spiro atoms. The maximum absolute atomic E-state index is 13.5. The summed E-state index contributed by atoms with van der Waals surface area (Å²) in [6, 6.07) is 9.06. The molecule has 1 aromatic carbocycles. The Bertz CT molecular complexity index is 669. The SMILES string of the molecule is CCNC(=NCc1ccsc1)NCC1(c2cccc(F)c2)CC1.I. The molecule has 1 aromatic heterocycles. The molecular weight excluding hydrogens is 436 g/mol. The van der Waals surface area contributed by atoms with Crippen LogP contribution in [-0.2, 0) is 12.0 Å². The normalized spacial score (nSPS) is 15.5. The highest BCUT2D eigenvalue weighted by molar-refractivity contribution is 14.0. The summed E-state index contributed by atoms with van der Waals surface area (Å²) in [6.07, 6.45) is 2.18. The van der Waals surface area contributed by atoms with Gasteiger partial charge in [0.2, 0.25) is 0 Å². The minimum atomic E-state index is -0.160. The molecule has 1 heterocycles. The maximum atomic E-state index is 13.5. The van der Waals surface area contributed by atoms with Crippen LogP contribution in [0.2, 0.25) is 0 Å². The Hall–Kier alpha value is -1.15. The summed E-state index contributed by atoms with van der Waals surface area (Å²) in [5, 5.41) is 10.9. The predicted octanol–water partition coefficient (Wildman–Crippen LogP) is 4.29. The van der Waals surface area contributed by atoms with Crippen LogP contribution in [0.1, 0.15) is 30.9 Å². The van der Waals surface area contributed by atoms with E-state index in [0.717, 1.165) is 37.5 Å². The van der Waals surface area contributed by atoms with Gasteiger partial charge in [0, 0.05) is 18.5 Å². The molecule has 0 saturated heterocycles. The first-order valence-corrected chi connectivity index (χ1v) is 8.95. The van der Waals surface area contributed by atoms with Gasteiger partial charge in [0.25, 0.3) is 0 Å². The van der Waals surface area contributed by atoms with Gasteiger partial charge in [-0.2, -0.15) is 11.3 Å². The molecule has 130 valence electrons. The molecule has 0 amide bonds. The largest absolute Gasteiger partial charge is 0.357 e. The number of guanidine groups is 1. The quantitative estimate of drug-likeness (QED) is 0.384. The van der Waals surface area contributed by atoms with Crippen LogP contribution in [0.15, 0.2) is 46.1 Å². The van der Waals surface area contributed by atoms with Crippen LogP contribution >= 0.6 is 35.3 Å². The van der Waals surface area contributed by atoms with Gasteiger partial charge in [-0.15, -0.1) is 24.0 Å². The number of nitrogens with zero attached hydrogens (tertiary/aromatic N) is 1. The fourth-order valence-corrected chi connectivity index (χ4v) is 3.34. The van der Waals surface area contributed by atoms with Crippen LogP contribution in [0.3, 0.4) is 0 Å². The lowest BCUT2D eigenvalue weighted by Crippen LogP contribution is -2.41. The zero-order chi connectivity index (χ0) is 16.1. The molecule has 24 heavy (non-hydrogen) atoms. The van der Waals surface area contributed by atoms with Gasteiger partial charge in [-0.25, -0.2) is 9.38 Å². The molecular formula is C18H23FIN3S. The van der Waals surface area contributed by atoms with Crippen molar-refractivity contribution in [2.24, 2.45) is 4.99 Å². The van der Waals surface area contributed by atoms with Gasteiger partial charge in [0.1, 0.15) is 5.82 Å². The molecule has 3 rings (SSSR count). The molecule has 0 unspecified atom stereocenters. The summed E-state index contributed by atoms with van der Waals surface area (Å²) in [7, 11) is 0. The molecule has 2 N–H and O–H groups in total. The zero-order valence-corrected chi connectivity index (χ0v) is 16.9. The number of hydrogen-bond donors (Lipinski definition) is 2. The first kappa shape index (κ1) is 19.2. The minimum Gasteiger partial charge on any atom is -0.357 e. The second kappa shape index (κ2) is 8.80. The number of rotatable bonds is 6. The lowest BCUT2D eigenvalue weighted by Gasteiger charge is -2.19. The second-order valence-corrected chi connectivity index (χ2v) is 6.75. The number of thiophene rings is 1. The Morgan fingerprint density at radius 2 is 2.12 bits per heavy atom. The van der Waals surface area contributed by atoms with E-state index in [4.69, 9.17) is 0 Å². The van der Waals surface area contributed by atoms with E-state index in [1.54, 1.807) is 23.5 Å². The van der Waals surface area contributed by atoms with Gasteiger partial charge in [0.15, 0.2) is 5.96 Å². The number of aliphatic imine (C=N–C) groups is 1. The van der Waals surface area contributed by atoms with Gasteiger partial charge in [-0.1, -0.05) is 12.1 Å². The number of nitrogens with one attached hydrogen (secondary N) is 2. The van der Waals surface area contributed by atoms with Gasteiger partial charge < -0.3 is 10.6 Å². The summed E-state index contributed by atoms with van der Waals surface area (Å²) in [6.45, 7) is 4.33. The molecule has 1 saturated carbocycles. The molecule has 1 aliphatic carbocycles. The van der Waals surface area contributed by atoms with Crippen molar-refractivity contribution < 1.29 is 4.39 Å². The molecule has 3 nitrogen and oxygen atoms in total. The predicted molar refractivity (Wildman–Crippen MR) is 110 cm³/mol. The molecule has 0 atom stereocenters. The summed E-state index contributed by atoms with van der Waals surface area (Å²) in [4.78, 5) is 4.63. The highest BCUT2D eigenvalue weighted by Gasteiger charge is 2.44. The van der Waals surface area contributed by atoms with Crippen molar-refractivity contribution in [3.8, 4) is 0 Å². The molecule has 0 aliphatic heterocycles. The van der Waals surface area contributed by atoms with E-state index in [-0.39, 0.29) is 35.2 Å². The average Bonchev–Trinajstić information content (AvgIpc) is 3.17. The Balaban J connectivity index is 0.00000208. The van der Waals surface area contributed by atoms with Gasteiger partial charge in [-0.3, -0.25) is 0 Å². The van der Waals surface area contributed by atoms with Crippen LogP contribution in [-0.4, -0.2) is 19.0 Å². The maximum Gasteiger partial charge on any atom is 0.191 e. The standard InChI is InChI=1S/C18H22FN3S.HI/c1-2-20-17(21-11-14-6-9-23-12-14)22-13-18(7-8-18)15-4-3-5-16(19)10-15;/h3-6,9-10,12H,2,7-8,11,13H2,1H3,(H2,20,21,22);1H. The van der Waals surface area contributed by atoms with E-state index in [1.165, 1.54) is 11.6 Å². The van der Waals surface area contributed by atoms with E-state index in [9.17, 15) is 4.39 Å². The van der Waals surface area contributed by atoms with Crippen molar-refractivity contribution in [3.63, 3.8) is 0 Å². The smallest absolute Gasteiger partial charge is 0.191 e. The molecule has 1 fully saturated rings. The second-order valence-electron chi connectivity index (χ2n) is 5.97. The van der Waals surface area contributed by atoms with Crippen molar-refractivity contribution in [2.45, 2.75) is 31.7 Å². The Labute approximate surface area is 163 Å². The van der Waals surface area contributed by atoms with Crippen LogP contribution in [0.5, 0.6) is 0 Å². The fraction of sp³-hybridized carbons (Fsp3) is 0.389. The lowest BCUT2D eigenvalue weighted by molar-refractivity contribution is 0.607. The van der Waals surface area contributed by atoms with Crippen molar-refractivity contribution >= 4 is 41.3 Å². The van der Waals surface area contributed by atoms with E-state index >= 15 is 0 Å². The fourth-order valence-electron chi connectivity index (χ4n) is 2.68. The summed E-state index contributed by atoms with van der Waals surface area (Å²) >= 11 is 1.69. The number of benzene rings is 1. The number of hydrogen-bond acceptors (Lipinski definition) is 2. The zero-order valence-electron chi connectivity index (χ0n) is 13.7. The van der Waals surface area contributed by atoms with Crippen LogP contribution < -0.4 is 10.6 Å². The molecule has 0 radical (unpaired) electrons. The third-order valence-corrected chi connectivity index (χ3v) is 4.96. The van der Waals surface area contributed by atoms with Crippen molar-refractivity contribution in [2.75, 3.05) is 13.1 Å². The van der Waals surface area contributed by atoms with Crippen LogP contribution in [0.25, 0.3) is 0 Å². The Morgan fingerprint density at radius 3 is 2.75 bits per heavy atom.